The monoisotopic (exact) mass is 354 g/mol. The number of thiophene rings is 1. The highest BCUT2D eigenvalue weighted by molar-refractivity contribution is 7.13. The highest BCUT2D eigenvalue weighted by atomic mass is 32.1. The average molecular weight is 354 g/mol. The number of carbonyl (C=O) groups is 1. The van der Waals surface area contributed by atoms with E-state index in [1.807, 2.05) is 30.5 Å². The predicted molar refractivity (Wildman–Crippen MR) is 93.2 cm³/mol. The number of H-pyrrole nitrogens is 1. The van der Waals surface area contributed by atoms with Gasteiger partial charge in [0.2, 0.25) is 17.6 Å². The normalized spacial score (nSPS) is 11.1. The first-order valence-corrected chi connectivity index (χ1v) is 8.54. The number of hydrogen-bond donors (Lipinski definition) is 2. The van der Waals surface area contributed by atoms with Gasteiger partial charge in [0, 0.05) is 23.9 Å². The van der Waals surface area contributed by atoms with Gasteiger partial charge in [0.15, 0.2) is 5.65 Å². The Morgan fingerprint density at radius 3 is 3.20 bits per heavy atom. The van der Waals surface area contributed by atoms with Gasteiger partial charge in [-0.1, -0.05) is 11.2 Å². The van der Waals surface area contributed by atoms with Crippen LogP contribution in [-0.2, 0) is 11.2 Å². The Balaban J connectivity index is 1.38. The molecule has 1 amide bonds. The van der Waals surface area contributed by atoms with Gasteiger partial charge in [-0.05, 0) is 24.4 Å². The van der Waals surface area contributed by atoms with Gasteiger partial charge in [0.05, 0.1) is 16.8 Å². The lowest BCUT2D eigenvalue weighted by molar-refractivity contribution is -0.116. The Hall–Kier alpha value is -3.07. The summed E-state index contributed by atoms with van der Waals surface area (Å²) in [7, 11) is 0. The molecule has 0 fully saturated rings. The van der Waals surface area contributed by atoms with Crippen molar-refractivity contribution in [2.24, 2.45) is 0 Å². The van der Waals surface area contributed by atoms with Crippen molar-refractivity contribution in [1.29, 1.82) is 0 Å². The van der Waals surface area contributed by atoms with Gasteiger partial charge in [-0.2, -0.15) is 10.1 Å². The van der Waals surface area contributed by atoms with E-state index in [1.165, 1.54) is 11.3 Å². The van der Waals surface area contributed by atoms with E-state index in [0.717, 1.165) is 16.0 Å². The van der Waals surface area contributed by atoms with Crippen LogP contribution in [0.4, 0.5) is 5.69 Å². The summed E-state index contributed by atoms with van der Waals surface area (Å²) in [6, 6.07) is 5.70. The molecule has 0 aliphatic rings. The van der Waals surface area contributed by atoms with Crippen molar-refractivity contribution in [3.05, 3.63) is 41.4 Å². The number of nitrogens with zero attached hydrogens (tertiary/aromatic N) is 4. The molecule has 0 spiro atoms. The number of hydrogen-bond acceptors (Lipinski definition) is 7. The molecule has 4 rings (SSSR count). The minimum absolute atomic E-state index is 0.141. The number of amides is 1. The van der Waals surface area contributed by atoms with Crippen LogP contribution in [0.15, 0.2) is 34.3 Å². The van der Waals surface area contributed by atoms with E-state index >= 15 is 0 Å². The minimum atomic E-state index is -0.141. The van der Waals surface area contributed by atoms with Crippen LogP contribution in [0.1, 0.15) is 18.0 Å². The first kappa shape index (κ1) is 15.5. The highest BCUT2D eigenvalue weighted by Gasteiger charge is 2.12. The molecule has 0 saturated carbocycles. The van der Waals surface area contributed by atoms with Gasteiger partial charge in [0.1, 0.15) is 0 Å². The van der Waals surface area contributed by atoms with E-state index in [1.54, 1.807) is 6.20 Å². The summed E-state index contributed by atoms with van der Waals surface area (Å²) in [6.45, 7) is 1.91. The molecule has 4 aromatic rings. The van der Waals surface area contributed by atoms with E-state index < -0.39 is 0 Å². The topological polar surface area (TPSA) is 110 Å². The SMILES string of the molecule is Cc1[nH]nc2ncc(NC(=O)CCc3nc(-c4cccs4)no3)cc12. The van der Waals surface area contributed by atoms with Gasteiger partial charge < -0.3 is 9.84 Å². The fourth-order valence-electron chi connectivity index (χ4n) is 2.39. The summed E-state index contributed by atoms with van der Waals surface area (Å²) in [5, 5.41) is 16.5. The number of fused-ring (bicyclic) bond motifs is 1. The molecule has 0 radical (unpaired) electrons. The van der Waals surface area contributed by atoms with Crippen LogP contribution < -0.4 is 5.32 Å². The summed E-state index contributed by atoms with van der Waals surface area (Å²) in [6.07, 6.45) is 2.21. The number of pyridine rings is 1. The Morgan fingerprint density at radius 2 is 2.36 bits per heavy atom. The number of nitrogens with one attached hydrogen (secondary N) is 2. The van der Waals surface area contributed by atoms with Crippen LogP contribution in [0.5, 0.6) is 0 Å². The van der Waals surface area contributed by atoms with E-state index in [4.69, 9.17) is 4.52 Å². The molecule has 0 aliphatic heterocycles. The van der Waals surface area contributed by atoms with Crippen molar-refractivity contribution in [1.82, 2.24) is 25.3 Å². The highest BCUT2D eigenvalue weighted by Crippen LogP contribution is 2.22. The summed E-state index contributed by atoms with van der Waals surface area (Å²) < 4.78 is 5.19. The number of anilines is 1. The maximum absolute atomic E-state index is 12.1. The second kappa shape index (κ2) is 6.44. The van der Waals surface area contributed by atoms with Crippen LogP contribution in [0.3, 0.4) is 0 Å². The molecule has 4 heterocycles. The van der Waals surface area contributed by atoms with Crippen molar-refractivity contribution in [3.8, 4) is 10.7 Å². The molecule has 4 aromatic heterocycles. The first-order chi connectivity index (χ1) is 12.2. The number of aryl methyl sites for hydroxylation is 2. The lowest BCUT2D eigenvalue weighted by Crippen LogP contribution is -2.12. The molecule has 126 valence electrons. The van der Waals surface area contributed by atoms with Crippen LogP contribution in [0, 0.1) is 6.92 Å². The van der Waals surface area contributed by atoms with Crippen LogP contribution >= 0.6 is 11.3 Å². The molecule has 2 N–H and O–H groups in total. The molecule has 8 nitrogen and oxygen atoms in total. The zero-order valence-electron chi connectivity index (χ0n) is 13.3. The van der Waals surface area contributed by atoms with Crippen LogP contribution in [0.2, 0.25) is 0 Å². The minimum Gasteiger partial charge on any atom is -0.339 e. The zero-order valence-corrected chi connectivity index (χ0v) is 14.1. The molecule has 0 aromatic carbocycles. The van der Waals surface area contributed by atoms with Crippen LogP contribution in [0.25, 0.3) is 21.7 Å². The molecule has 0 unspecified atom stereocenters. The predicted octanol–water partition coefficient (Wildman–Crippen LogP) is 2.95. The summed E-state index contributed by atoms with van der Waals surface area (Å²) in [5.41, 5.74) is 2.17. The third kappa shape index (κ3) is 3.26. The van der Waals surface area contributed by atoms with Crippen molar-refractivity contribution < 1.29 is 9.32 Å². The fourth-order valence-corrected chi connectivity index (χ4v) is 3.04. The first-order valence-electron chi connectivity index (χ1n) is 7.66. The molecular formula is C16H14N6O2S. The molecule has 0 atom stereocenters. The quantitative estimate of drug-likeness (QED) is 0.570. The third-order valence-electron chi connectivity index (χ3n) is 3.66. The Morgan fingerprint density at radius 1 is 1.44 bits per heavy atom. The van der Waals surface area contributed by atoms with E-state index in [2.05, 4.69) is 30.6 Å². The average Bonchev–Trinajstić information content (AvgIpc) is 3.34. The van der Waals surface area contributed by atoms with E-state index in [-0.39, 0.29) is 12.3 Å². The Kier molecular flexibility index (Phi) is 3.98. The van der Waals surface area contributed by atoms with Gasteiger partial charge in [-0.15, -0.1) is 11.3 Å². The molecule has 25 heavy (non-hydrogen) atoms. The summed E-state index contributed by atoms with van der Waals surface area (Å²) in [4.78, 5) is 21.6. The number of carbonyl (C=O) groups excluding carboxylic acids is 1. The van der Waals surface area contributed by atoms with Crippen molar-refractivity contribution >= 4 is 34.0 Å². The molecular weight excluding hydrogens is 340 g/mol. The van der Waals surface area contributed by atoms with E-state index in [9.17, 15) is 4.79 Å². The van der Waals surface area contributed by atoms with Gasteiger partial charge in [0.25, 0.3) is 0 Å². The van der Waals surface area contributed by atoms with E-state index in [0.29, 0.717) is 29.5 Å². The summed E-state index contributed by atoms with van der Waals surface area (Å²) in [5.74, 6) is 0.853. The fraction of sp³-hybridized carbons (Fsp3) is 0.188. The Labute approximate surface area is 146 Å². The summed E-state index contributed by atoms with van der Waals surface area (Å²) >= 11 is 1.54. The third-order valence-corrected chi connectivity index (χ3v) is 4.53. The van der Waals surface area contributed by atoms with Crippen LogP contribution in [-0.4, -0.2) is 31.2 Å². The van der Waals surface area contributed by atoms with Crippen molar-refractivity contribution in [2.75, 3.05) is 5.32 Å². The number of aromatic amines is 1. The van der Waals surface area contributed by atoms with Gasteiger partial charge in [-0.3, -0.25) is 9.89 Å². The standard InChI is InChI=1S/C16H14N6O2S/c1-9-11-7-10(8-17-15(11)21-20-9)18-13(23)4-5-14-19-16(22-24-14)12-3-2-6-25-12/h2-3,6-8H,4-5H2,1H3,(H,18,23)(H,17,20,21). The lowest BCUT2D eigenvalue weighted by Gasteiger charge is -2.03. The Bertz CT molecular complexity index is 1020. The molecule has 0 bridgehead atoms. The molecule has 9 heteroatoms. The maximum atomic E-state index is 12.1. The van der Waals surface area contributed by atoms with Gasteiger partial charge in [-0.25, -0.2) is 4.98 Å². The molecule has 0 aliphatic carbocycles. The zero-order chi connectivity index (χ0) is 17.2. The number of aromatic nitrogens is 5. The van der Waals surface area contributed by atoms with Crippen molar-refractivity contribution in [3.63, 3.8) is 0 Å². The lowest BCUT2D eigenvalue weighted by atomic mass is 10.2. The molecule has 0 saturated heterocycles. The second-order valence-electron chi connectivity index (χ2n) is 5.48. The van der Waals surface area contributed by atoms with Crippen molar-refractivity contribution in [2.45, 2.75) is 19.8 Å². The second-order valence-corrected chi connectivity index (χ2v) is 6.43. The number of rotatable bonds is 5. The largest absolute Gasteiger partial charge is 0.339 e. The van der Waals surface area contributed by atoms with Gasteiger partial charge >= 0.3 is 0 Å². The smallest absolute Gasteiger partial charge is 0.227 e. The maximum Gasteiger partial charge on any atom is 0.227 e.